The minimum atomic E-state index is -1.00. The number of unbranched alkanes of at least 4 members (excludes halogenated alkanes) is 1. The van der Waals surface area contributed by atoms with Crippen molar-refractivity contribution in [3.8, 4) is 22.6 Å². The number of carbonyl (C=O) groups is 1. The number of benzene rings is 3. The number of ether oxygens (including phenoxy) is 2. The molecule has 0 spiro atoms. The highest BCUT2D eigenvalue weighted by atomic mass is 32.1. The zero-order chi connectivity index (χ0) is 25.9. The van der Waals surface area contributed by atoms with Gasteiger partial charge < -0.3 is 24.5 Å². The van der Waals surface area contributed by atoms with Crippen LogP contribution < -0.4 is 14.8 Å². The zero-order valence-electron chi connectivity index (χ0n) is 20.9. The van der Waals surface area contributed by atoms with Crippen LogP contribution in [0.15, 0.2) is 54.6 Å². The van der Waals surface area contributed by atoms with Crippen molar-refractivity contribution in [3.05, 3.63) is 65.9 Å². The summed E-state index contributed by atoms with van der Waals surface area (Å²) >= 11 is 1.17. The predicted octanol–water partition coefficient (Wildman–Crippen LogP) is 6.29. The topological polar surface area (TPSA) is 98.5 Å². The number of hydrogen-bond donors (Lipinski definition) is 2. The van der Waals surface area contributed by atoms with Crippen molar-refractivity contribution in [1.82, 2.24) is 13.3 Å². The van der Waals surface area contributed by atoms with Gasteiger partial charge in [-0.05, 0) is 60.0 Å². The van der Waals surface area contributed by atoms with Crippen LogP contribution in [0.3, 0.4) is 0 Å². The molecule has 0 amide bonds. The van der Waals surface area contributed by atoms with Crippen LogP contribution in [0.2, 0.25) is 0 Å². The maximum atomic E-state index is 12.8. The van der Waals surface area contributed by atoms with Crippen LogP contribution in [0.25, 0.3) is 33.1 Å². The SMILES string of the molecule is CCCCNc1ccc2c(c1)c(-c1ccc(OC)c(OC)c1)c(C(=O)O)n2Cc1ccc2nsnc2c1. The summed E-state index contributed by atoms with van der Waals surface area (Å²) in [4.78, 5) is 12.8. The second-order valence-electron chi connectivity index (χ2n) is 8.78. The number of nitrogens with one attached hydrogen (secondary N) is 1. The first kappa shape index (κ1) is 24.6. The van der Waals surface area contributed by atoms with Gasteiger partial charge in [-0.1, -0.05) is 25.5 Å². The van der Waals surface area contributed by atoms with Gasteiger partial charge in [-0.3, -0.25) is 0 Å². The summed E-state index contributed by atoms with van der Waals surface area (Å²) in [5.41, 5.74) is 5.96. The van der Waals surface area contributed by atoms with E-state index in [1.54, 1.807) is 20.3 Å². The van der Waals surface area contributed by atoms with E-state index in [1.165, 1.54) is 11.7 Å². The molecule has 0 aliphatic rings. The molecular weight excluding hydrogens is 488 g/mol. The Hall–Kier alpha value is -4.11. The second kappa shape index (κ2) is 10.5. The van der Waals surface area contributed by atoms with Crippen LogP contribution in [0.1, 0.15) is 35.8 Å². The Labute approximate surface area is 218 Å². The molecule has 2 heterocycles. The third-order valence-corrected chi connectivity index (χ3v) is 7.01. The third kappa shape index (κ3) is 4.70. The molecule has 37 heavy (non-hydrogen) atoms. The fraction of sp³-hybridized carbons (Fsp3) is 0.250. The number of hydrogen-bond acceptors (Lipinski definition) is 7. The molecular formula is C28H28N4O4S. The Morgan fingerprint density at radius 3 is 2.57 bits per heavy atom. The molecule has 3 aromatic carbocycles. The summed E-state index contributed by atoms with van der Waals surface area (Å²) < 4.78 is 21.4. The van der Waals surface area contributed by atoms with E-state index in [0.717, 1.165) is 58.1 Å². The summed E-state index contributed by atoms with van der Waals surface area (Å²) in [6.07, 6.45) is 2.14. The molecule has 5 aromatic rings. The smallest absolute Gasteiger partial charge is 0.353 e. The van der Waals surface area contributed by atoms with Crippen LogP contribution in [0, 0.1) is 0 Å². The number of methoxy groups -OCH3 is 2. The van der Waals surface area contributed by atoms with E-state index in [0.29, 0.717) is 23.6 Å². The Morgan fingerprint density at radius 2 is 1.81 bits per heavy atom. The Bertz CT molecular complexity index is 1590. The van der Waals surface area contributed by atoms with Crippen LogP contribution in [-0.2, 0) is 6.54 Å². The van der Waals surface area contributed by atoms with Gasteiger partial charge in [0.25, 0.3) is 0 Å². The number of anilines is 1. The fourth-order valence-corrected chi connectivity index (χ4v) is 5.17. The Morgan fingerprint density at radius 1 is 1.00 bits per heavy atom. The van der Waals surface area contributed by atoms with Gasteiger partial charge >= 0.3 is 5.97 Å². The largest absolute Gasteiger partial charge is 0.493 e. The number of aromatic nitrogens is 3. The molecule has 0 unspecified atom stereocenters. The molecule has 9 heteroatoms. The summed E-state index contributed by atoms with van der Waals surface area (Å²) in [6.45, 7) is 3.38. The molecule has 0 radical (unpaired) electrons. The van der Waals surface area contributed by atoms with Gasteiger partial charge in [-0.25, -0.2) is 4.79 Å². The highest BCUT2D eigenvalue weighted by Crippen LogP contribution is 2.40. The van der Waals surface area contributed by atoms with Crippen molar-refractivity contribution in [1.29, 1.82) is 0 Å². The number of nitrogens with zero attached hydrogens (tertiary/aromatic N) is 3. The Balaban J connectivity index is 1.72. The summed E-state index contributed by atoms with van der Waals surface area (Å²) in [7, 11) is 3.15. The Kier molecular flexibility index (Phi) is 6.96. The van der Waals surface area contributed by atoms with E-state index in [-0.39, 0.29) is 5.69 Å². The number of fused-ring (bicyclic) bond motifs is 2. The average Bonchev–Trinajstić information content (AvgIpc) is 3.50. The zero-order valence-corrected chi connectivity index (χ0v) is 21.8. The van der Waals surface area contributed by atoms with E-state index >= 15 is 0 Å². The maximum absolute atomic E-state index is 12.8. The van der Waals surface area contributed by atoms with Gasteiger partial charge in [0.15, 0.2) is 11.5 Å². The number of rotatable bonds is 10. The highest BCUT2D eigenvalue weighted by Gasteiger charge is 2.25. The summed E-state index contributed by atoms with van der Waals surface area (Å²) in [6, 6.07) is 17.4. The molecule has 5 rings (SSSR count). The van der Waals surface area contributed by atoms with Gasteiger partial charge in [-0.2, -0.15) is 8.75 Å². The van der Waals surface area contributed by atoms with Gasteiger partial charge in [0.2, 0.25) is 0 Å². The molecule has 2 N–H and O–H groups in total. The molecule has 190 valence electrons. The van der Waals surface area contributed by atoms with E-state index < -0.39 is 5.97 Å². The summed E-state index contributed by atoms with van der Waals surface area (Å²) in [5.74, 6) is 0.118. The first-order valence-electron chi connectivity index (χ1n) is 12.1. The van der Waals surface area contributed by atoms with Crippen LogP contribution in [-0.4, -0.2) is 45.2 Å². The van der Waals surface area contributed by atoms with Crippen molar-refractivity contribution in [2.24, 2.45) is 0 Å². The molecule has 2 aromatic heterocycles. The van der Waals surface area contributed by atoms with Crippen LogP contribution >= 0.6 is 11.7 Å². The number of carboxylic acid groups (broad SMARTS) is 1. The molecule has 0 aliphatic heterocycles. The third-order valence-electron chi connectivity index (χ3n) is 6.46. The monoisotopic (exact) mass is 516 g/mol. The van der Waals surface area contributed by atoms with Gasteiger partial charge in [-0.15, -0.1) is 0 Å². The predicted molar refractivity (Wildman–Crippen MR) is 147 cm³/mol. The minimum Gasteiger partial charge on any atom is -0.493 e. The molecule has 0 saturated heterocycles. The van der Waals surface area contributed by atoms with Crippen LogP contribution in [0.5, 0.6) is 11.5 Å². The van der Waals surface area contributed by atoms with E-state index in [4.69, 9.17) is 9.47 Å². The van der Waals surface area contributed by atoms with E-state index in [2.05, 4.69) is 21.0 Å². The van der Waals surface area contributed by atoms with Crippen molar-refractivity contribution in [2.75, 3.05) is 26.1 Å². The second-order valence-corrected chi connectivity index (χ2v) is 9.31. The lowest BCUT2D eigenvalue weighted by atomic mass is 10.0. The molecule has 0 saturated carbocycles. The standard InChI is InChI=1S/C28H28N4O4S/c1-4-5-12-29-19-8-10-23-20(15-19)26(18-7-11-24(35-2)25(14-18)36-3)27(28(33)34)32(23)16-17-6-9-21-22(13-17)31-37-30-21/h6-11,13-15,29H,4-5,12,16H2,1-3H3,(H,33,34). The lowest BCUT2D eigenvalue weighted by molar-refractivity contribution is 0.0687. The van der Waals surface area contributed by atoms with Crippen molar-refractivity contribution < 1.29 is 19.4 Å². The normalized spacial score (nSPS) is 11.2. The lowest BCUT2D eigenvalue weighted by Gasteiger charge is -2.11. The molecule has 0 bridgehead atoms. The van der Waals surface area contributed by atoms with Crippen LogP contribution in [0.4, 0.5) is 5.69 Å². The van der Waals surface area contributed by atoms with Crippen molar-refractivity contribution in [2.45, 2.75) is 26.3 Å². The minimum absolute atomic E-state index is 0.212. The highest BCUT2D eigenvalue weighted by molar-refractivity contribution is 7.00. The van der Waals surface area contributed by atoms with Gasteiger partial charge in [0.05, 0.1) is 25.9 Å². The molecule has 0 aliphatic carbocycles. The van der Waals surface area contributed by atoms with Crippen molar-refractivity contribution in [3.63, 3.8) is 0 Å². The fourth-order valence-electron chi connectivity index (χ4n) is 4.65. The van der Waals surface area contributed by atoms with Crippen molar-refractivity contribution >= 4 is 45.3 Å². The molecule has 0 fully saturated rings. The van der Waals surface area contributed by atoms with E-state index in [9.17, 15) is 9.90 Å². The quantitative estimate of drug-likeness (QED) is 0.211. The average molecular weight is 517 g/mol. The van der Waals surface area contributed by atoms with Gasteiger partial charge in [0.1, 0.15) is 16.7 Å². The first-order valence-corrected chi connectivity index (χ1v) is 12.8. The molecule has 0 atom stereocenters. The van der Waals surface area contributed by atoms with E-state index in [1.807, 2.05) is 53.1 Å². The van der Waals surface area contributed by atoms with Gasteiger partial charge in [0, 0.05) is 35.2 Å². The summed E-state index contributed by atoms with van der Waals surface area (Å²) in [5, 5.41) is 14.8. The maximum Gasteiger partial charge on any atom is 0.353 e. The number of carboxylic acids is 1. The number of aromatic carboxylic acids is 1. The first-order chi connectivity index (χ1) is 18.0. The lowest BCUT2D eigenvalue weighted by Crippen LogP contribution is -2.10. The molecule has 8 nitrogen and oxygen atoms in total.